The normalized spacial score (nSPS) is 16.5. The zero-order valence-corrected chi connectivity index (χ0v) is 11.8. The largest absolute Gasteiger partial charge is 0.385 e. The van der Waals surface area contributed by atoms with Crippen molar-refractivity contribution in [1.82, 2.24) is 0 Å². The summed E-state index contributed by atoms with van der Waals surface area (Å²) in [4.78, 5) is 0. The molecule has 1 nitrogen and oxygen atoms in total. The molecule has 0 aliphatic carbocycles. The number of halogens is 1. The van der Waals surface area contributed by atoms with E-state index in [4.69, 9.17) is 16.3 Å². The van der Waals surface area contributed by atoms with Crippen LogP contribution in [0.4, 0.5) is 0 Å². The molecule has 0 fully saturated rings. The fourth-order valence-electron chi connectivity index (χ4n) is 2.48. The average molecular weight is 255 g/mol. The van der Waals surface area contributed by atoms with E-state index in [1.54, 1.807) is 7.11 Å². The highest BCUT2D eigenvalue weighted by molar-refractivity contribution is 6.18. The highest BCUT2D eigenvalue weighted by Gasteiger charge is 2.35. The maximum absolute atomic E-state index is 6.29. The van der Waals surface area contributed by atoms with Crippen molar-refractivity contribution in [1.29, 1.82) is 0 Å². The molecule has 0 bridgehead atoms. The summed E-state index contributed by atoms with van der Waals surface area (Å²) in [6.45, 7) is 5.29. The number of methoxy groups -OCH3 is 1. The second-order valence-corrected chi connectivity index (χ2v) is 4.96. The van der Waals surface area contributed by atoms with Crippen LogP contribution >= 0.6 is 11.6 Å². The van der Waals surface area contributed by atoms with Crippen molar-refractivity contribution in [2.75, 3.05) is 19.6 Å². The van der Waals surface area contributed by atoms with E-state index < -0.39 is 0 Å². The van der Waals surface area contributed by atoms with Crippen LogP contribution in [0.5, 0.6) is 0 Å². The standard InChI is InChI=1S/C15H23ClO/c1-4-15(12-16,13(2)10-11-17-3)14-8-6-5-7-9-14/h5-9,13H,4,10-12H2,1-3H3. The summed E-state index contributed by atoms with van der Waals surface area (Å²) < 4.78 is 5.19. The van der Waals surface area contributed by atoms with Gasteiger partial charge in [-0.1, -0.05) is 44.2 Å². The Morgan fingerprint density at radius 2 is 1.94 bits per heavy atom. The van der Waals surface area contributed by atoms with Crippen molar-refractivity contribution in [3.05, 3.63) is 35.9 Å². The monoisotopic (exact) mass is 254 g/mol. The molecule has 96 valence electrons. The van der Waals surface area contributed by atoms with E-state index in [1.165, 1.54) is 5.56 Å². The topological polar surface area (TPSA) is 9.23 Å². The molecule has 1 rings (SSSR count). The van der Waals surface area contributed by atoms with E-state index in [0.29, 0.717) is 11.8 Å². The molecule has 0 aromatic heterocycles. The first kappa shape index (κ1) is 14.5. The molecule has 0 saturated carbocycles. The predicted molar refractivity (Wildman–Crippen MR) is 74.8 cm³/mol. The Labute approximate surface area is 110 Å². The lowest BCUT2D eigenvalue weighted by molar-refractivity contribution is 0.157. The highest BCUT2D eigenvalue weighted by atomic mass is 35.5. The molecule has 17 heavy (non-hydrogen) atoms. The smallest absolute Gasteiger partial charge is 0.0465 e. The van der Waals surface area contributed by atoms with Gasteiger partial charge in [0.05, 0.1) is 0 Å². The Kier molecular flexibility index (Phi) is 6.01. The van der Waals surface area contributed by atoms with Crippen molar-refractivity contribution >= 4 is 11.6 Å². The predicted octanol–water partition coefficient (Wildman–Crippen LogP) is 4.25. The third kappa shape index (κ3) is 3.23. The van der Waals surface area contributed by atoms with Crippen molar-refractivity contribution in [3.8, 4) is 0 Å². The first-order valence-electron chi connectivity index (χ1n) is 6.31. The number of hydrogen-bond donors (Lipinski definition) is 0. The van der Waals surface area contributed by atoms with Gasteiger partial charge in [-0.15, -0.1) is 11.6 Å². The highest BCUT2D eigenvalue weighted by Crippen LogP contribution is 2.38. The Morgan fingerprint density at radius 1 is 1.29 bits per heavy atom. The summed E-state index contributed by atoms with van der Waals surface area (Å²) in [6.07, 6.45) is 2.11. The lowest BCUT2D eigenvalue weighted by Crippen LogP contribution is -2.35. The molecule has 0 aliphatic heterocycles. The molecule has 2 atom stereocenters. The van der Waals surface area contributed by atoms with Crippen molar-refractivity contribution in [2.45, 2.75) is 32.1 Å². The summed E-state index contributed by atoms with van der Waals surface area (Å²) in [5.74, 6) is 1.19. The summed E-state index contributed by atoms with van der Waals surface area (Å²) in [5.41, 5.74) is 1.42. The number of rotatable bonds is 7. The van der Waals surface area contributed by atoms with Crippen LogP contribution in [0, 0.1) is 5.92 Å². The van der Waals surface area contributed by atoms with Gasteiger partial charge < -0.3 is 4.74 Å². The molecule has 0 N–H and O–H groups in total. The summed E-state index contributed by atoms with van der Waals surface area (Å²) in [5, 5.41) is 0. The molecule has 0 saturated heterocycles. The molecule has 1 aromatic rings. The van der Waals surface area contributed by atoms with Gasteiger partial charge in [-0.3, -0.25) is 0 Å². The van der Waals surface area contributed by atoms with E-state index >= 15 is 0 Å². The molecular formula is C15H23ClO. The molecule has 1 aromatic carbocycles. The van der Waals surface area contributed by atoms with Gasteiger partial charge in [-0.05, 0) is 24.3 Å². The Balaban J connectivity index is 2.96. The zero-order valence-electron chi connectivity index (χ0n) is 11.1. The molecule has 2 heteroatoms. The van der Waals surface area contributed by atoms with E-state index in [-0.39, 0.29) is 5.41 Å². The fourth-order valence-corrected chi connectivity index (χ4v) is 3.09. The van der Waals surface area contributed by atoms with Crippen LogP contribution < -0.4 is 0 Å². The second kappa shape index (κ2) is 7.03. The third-order valence-corrected chi connectivity index (χ3v) is 4.39. The summed E-state index contributed by atoms with van der Waals surface area (Å²) >= 11 is 6.29. The van der Waals surface area contributed by atoms with Gasteiger partial charge in [-0.2, -0.15) is 0 Å². The van der Waals surface area contributed by atoms with Gasteiger partial charge in [0.1, 0.15) is 0 Å². The number of benzene rings is 1. The van der Waals surface area contributed by atoms with Crippen molar-refractivity contribution in [2.24, 2.45) is 5.92 Å². The molecule has 0 heterocycles. The Morgan fingerprint density at radius 3 is 2.41 bits per heavy atom. The SMILES string of the molecule is CCC(CCl)(c1ccccc1)C(C)CCOC. The van der Waals surface area contributed by atoms with Gasteiger partial charge in [0.15, 0.2) is 0 Å². The van der Waals surface area contributed by atoms with Crippen molar-refractivity contribution in [3.63, 3.8) is 0 Å². The van der Waals surface area contributed by atoms with E-state index in [1.807, 2.05) is 0 Å². The molecule has 0 amide bonds. The zero-order chi connectivity index (χ0) is 12.7. The number of hydrogen-bond acceptors (Lipinski definition) is 1. The molecule has 0 radical (unpaired) electrons. The molecule has 0 spiro atoms. The van der Waals surface area contributed by atoms with Crippen molar-refractivity contribution < 1.29 is 4.74 Å². The molecular weight excluding hydrogens is 232 g/mol. The van der Waals surface area contributed by atoms with Crippen LogP contribution in [-0.4, -0.2) is 19.6 Å². The van der Waals surface area contributed by atoms with Crippen LogP contribution in [0.15, 0.2) is 30.3 Å². The minimum Gasteiger partial charge on any atom is -0.385 e. The minimum atomic E-state index is 0.0708. The average Bonchev–Trinajstić information content (AvgIpc) is 2.39. The summed E-state index contributed by atoms with van der Waals surface area (Å²) in [7, 11) is 1.75. The number of alkyl halides is 1. The lowest BCUT2D eigenvalue weighted by atomic mass is 9.69. The molecule has 0 aliphatic rings. The first-order chi connectivity index (χ1) is 8.21. The van der Waals surface area contributed by atoms with Gasteiger partial charge in [0.2, 0.25) is 0 Å². The number of ether oxygens (including phenoxy) is 1. The van der Waals surface area contributed by atoms with E-state index in [0.717, 1.165) is 19.4 Å². The van der Waals surface area contributed by atoms with E-state index in [9.17, 15) is 0 Å². The van der Waals surface area contributed by atoms with Gasteiger partial charge in [-0.25, -0.2) is 0 Å². The first-order valence-corrected chi connectivity index (χ1v) is 6.85. The maximum atomic E-state index is 6.29. The second-order valence-electron chi connectivity index (χ2n) is 4.69. The van der Waals surface area contributed by atoms with Crippen LogP contribution in [0.25, 0.3) is 0 Å². The Bertz CT molecular complexity index is 306. The fraction of sp³-hybridized carbons (Fsp3) is 0.600. The van der Waals surface area contributed by atoms with E-state index in [2.05, 4.69) is 44.2 Å². The van der Waals surface area contributed by atoms with Crippen LogP contribution in [-0.2, 0) is 10.2 Å². The van der Waals surface area contributed by atoms with Crippen LogP contribution in [0.1, 0.15) is 32.3 Å². The van der Waals surface area contributed by atoms with Gasteiger partial charge >= 0.3 is 0 Å². The Hall–Kier alpha value is -0.530. The lowest BCUT2D eigenvalue weighted by Gasteiger charge is -2.37. The van der Waals surface area contributed by atoms with Crippen LogP contribution in [0.3, 0.4) is 0 Å². The summed E-state index contributed by atoms with van der Waals surface area (Å²) in [6, 6.07) is 10.6. The van der Waals surface area contributed by atoms with Crippen LogP contribution in [0.2, 0.25) is 0 Å². The minimum absolute atomic E-state index is 0.0708. The van der Waals surface area contributed by atoms with Gasteiger partial charge in [0, 0.05) is 25.0 Å². The van der Waals surface area contributed by atoms with Gasteiger partial charge in [0.25, 0.3) is 0 Å². The maximum Gasteiger partial charge on any atom is 0.0465 e. The molecule has 2 unspecified atom stereocenters. The quantitative estimate of drug-likeness (QED) is 0.661. The third-order valence-electron chi connectivity index (χ3n) is 3.92.